The van der Waals surface area contributed by atoms with E-state index in [1.165, 1.54) is 42.9 Å². The molecule has 0 amide bonds. The number of rotatable bonds is 4. The number of aryl methyl sites for hydroxylation is 1. The molecule has 0 atom stereocenters. The highest BCUT2D eigenvalue weighted by molar-refractivity contribution is 8.14. The number of anilines is 2. The number of fused-ring (bicyclic) bond motifs is 1. The molecular weight excluding hydrogens is 365 g/mol. The maximum absolute atomic E-state index is 13.4. The van der Waals surface area contributed by atoms with Gasteiger partial charge < -0.3 is 10.1 Å². The molecule has 0 unspecified atom stereocenters. The molecule has 1 aliphatic heterocycles. The molecule has 6 nitrogen and oxygen atoms in total. The van der Waals surface area contributed by atoms with Gasteiger partial charge in [0.15, 0.2) is 5.82 Å². The third-order valence-corrected chi connectivity index (χ3v) is 5.20. The topological polar surface area (TPSA) is 83.8 Å². The quantitative estimate of drug-likeness (QED) is 0.695. The number of hydrogen-bond acceptors (Lipinski definition) is 7. The summed E-state index contributed by atoms with van der Waals surface area (Å²) >= 11 is 1.48. The van der Waals surface area contributed by atoms with E-state index in [2.05, 4.69) is 26.3 Å². The Kier molecular flexibility index (Phi) is 4.72. The highest BCUT2D eigenvalue weighted by Crippen LogP contribution is 2.34. The summed E-state index contributed by atoms with van der Waals surface area (Å²) in [6.07, 6.45) is 3.08. The number of methoxy groups -OCH3 is 1. The first kappa shape index (κ1) is 17.4. The van der Waals surface area contributed by atoms with Crippen LogP contribution in [0.25, 0.3) is 11.4 Å². The molecule has 2 heterocycles. The van der Waals surface area contributed by atoms with Crippen LogP contribution in [0.1, 0.15) is 12.0 Å². The Morgan fingerprint density at radius 3 is 2.89 bits per heavy atom. The van der Waals surface area contributed by atoms with E-state index < -0.39 is 0 Å². The summed E-state index contributed by atoms with van der Waals surface area (Å²) in [6.45, 7) is 0. The van der Waals surface area contributed by atoms with Crippen LogP contribution in [0.5, 0.6) is 5.75 Å². The van der Waals surface area contributed by atoms with Crippen molar-refractivity contribution < 1.29 is 9.13 Å². The molecular formula is C19H16FN5OS. The van der Waals surface area contributed by atoms with Crippen LogP contribution in [0, 0.1) is 11.2 Å². The van der Waals surface area contributed by atoms with Gasteiger partial charge in [-0.1, -0.05) is 17.8 Å². The van der Waals surface area contributed by atoms with Crippen molar-refractivity contribution in [3.05, 3.63) is 54.1 Å². The minimum Gasteiger partial charge on any atom is -0.496 e. The van der Waals surface area contributed by atoms with E-state index in [1.54, 1.807) is 6.07 Å². The predicted molar refractivity (Wildman–Crippen MR) is 103 cm³/mol. The summed E-state index contributed by atoms with van der Waals surface area (Å²) in [5, 5.41) is 11.7. The third kappa shape index (κ3) is 3.75. The van der Waals surface area contributed by atoms with Gasteiger partial charge >= 0.3 is 0 Å². The number of aromatic nitrogens is 3. The second-order valence-electron chi connectivity index (χ2n) is 5.95. The average Bonchev–Trinajstić information content (AvgIpc) is 2.67. The highest BCUT2D eigenvalue weighted by atomic mass is 32.2. The Morgan fingerprint density at radius 1 is 1.15 bits per heavy atom. The van der Waals surface area contributed by atoms with Crippen LogP contribution < -0.4 is 10.1 Å². The number of thioether (sulfide) groups is 1. The van der Waals surface area contributed by atoms with E-state index >= 15 is 0 Å². The number of nitrogens with one attached hydrogen (secondary N) is 2. The first-order chi connectivity index (χ1) is 13.1. The Labute approximate surface area is 159 Å². The second-order valence-corrected chi connectivity index (χ2v) is 7.09. The molecule has 0 saturated heterocycles. The van der Waals surface area contributed by atoms with Crippen molar-refractivity contribution >= 4 is 28.4 Å². The number of halogens is 1. The van der Waals surface area contributed by atoms with E-state index in [0.717, 1.165) is 23.4 Å². The van der Waals surface area contributed by atoms with Gasteiger partial charge in [0, 0.05) is 16.6 Å². The van der Waals surface area contributed by atoms with Crippen molar-refractivity contribution in [1.29, 1.82) is 5.41 Å². The molecule has 27 heavy (non-hydrogen) atoms. The molecule has 1 aliphatic rings. The molecule has 2 aromatic carbocycles. The van der Waals surface area contributed by atoms with Crippen molar-refractivity contribution in [2.75, 3.05) is 12.4 Å². The van der Waals surface area contributed by atoms with Gasteiger partial charge in [0.25, 0.3) is 0 Å². The van der Waals surface area contributed by atoms with Crippen molar-refractivity contribution in [3.63, 3.8) is 0 Å². The smallest absolute Gasteiger partial charge is 0.230 e. The molecule has 4 rings (SSSR count). The lowest BCUT2D eigenvalue weighted by molar-refractivity contribution is 0.412. The van der Waals surface area contributed by atoms with Gasteiger partial charge in [-0.15, -0.1) is 0 Å². The Hall–Kier alpha value is -3.00. The number of benzene rings is 2. The Morgan fingerprint density at radius 2 is 2.04 bits per heavy atom. The van der Waals surface area contributed by atoms with Gasteiger partial charge in [0.2, 0.25) is 5.95 Å². The second kappa shape index (κ2) is 7.32. The summed E-state index contributed by atoms with van der Waals surface area (Å²) in [4.78, 5) is 13.8. The van der Waals surface area contributed by atoms with Gasteiger partial charge in [-0.25, -0.2) is 14.4 Å². The SMILES string of the molecule is COc1cc(F)ccc1-c1ncnc(Nc2ccc3c(c2)SC(=N)CC3)n1. The van der Waals surface area contributed by atoms with Gasteiger partial charge in [-0.2, -0.15) is 4.98 Å². The zero-order chi connectivity index (χ0) is 18.8. The van der Waals surface area contributed by atoms with Crippen LogP contribution in [0.3, 0.4) is 0 Å². The van der Waals surface area contributed by atoms with E-state index in [1.807, 2.05) is 12.1 Å². The first-order valence-electron chi connectivity index (χ1n) is 8.30. The molecule has 0 fully saturated rings. The predicted octanol–water partition coefficient (Wildman–Crippen LogP) is 4.45. The van der Waals surface area contributed by atoms with Crippen molar-refractivity contribution in [1.82, 2.24) is 15.0 Å². The fraction of sp³-hybridized carbons (Fsp3) is 0.158. The molecule has 136 valence electrons. The van der Waals surface area contributed by atoms with Crippen molar-refractivity contribution in [3.8, 4) is 17.1 Å². The molecule has 0 spiro atoms. The van der Waals surface area contributed by atoms with Crippen molar-refractivity contribution in [2.24, 2.45) is 0 Å². The standard InChI is InChI=1S/C19H16FN5OS/c1-26-15-8-12(20)4-6-14(15)18-22-10-23-19(25-18)24-13-5-2-11-3-7-17(21)27-16(11)9-13/h2,4-6,8-10,21H,3,7H2,1H3,(H,22,23,24,25). The lowest BCUT2D eigenvalue weighted by atomic mass is 10.1. The molecule has 1 aromatic heterocycles. The summed E-state index contributed by atoms with van der Waals surface area (Å²) in [5.74, 6) is 0.733. The summed E-state index contributed by atoms with van der Waals surface area (Å²) in [6, 6.07) is 10.2. The molecule has 0 bridgehead atoms. The monoisotopic (exact) mass is 381 g/mol. The first-order valence-corrected chi connectivity index (χ1v) is 9.12. The van der Waals surface area contributed by atoms with Crippen molar-refractivity contribution in [2.45, 2.75) is 17.7 Å². The fourth-order valence-electron chi connectivity index (χ4n) is 2.83. The minimum absolute atomic E-state index is 0.357. The minimum atomic E-state index is -0.389. The maximum Gasteiger partial charge on any atom is 0.230 e. The lowest BCUT2D eigenvalue weighted by Gasteiger charge is -2.17. The zero-order valence-electron chi connectivity index (χ0n) is 14.5. The molecule has 0 aliphatic carbocycles. The molecule has 2 N–H and O–H groups in total. The highest BCUT2D eigenvalue weighted by Gasteiger charge is 2.15. The Balaban J connectivity index is 1.62. The van der Waals surface area contributed by atoms with Gasteiger partial charge in [-0.3, -0.25) is 5.41 Å². The lowest BCUT2D eigenvalue weighted by Crippen LogP contribution is -2.05. The largest absolute Gasteiger partial charge is 0.496 e. The van der Waals surface area contributed by atoms with Crippen LogP contribution >= 0.6 is 11.8 Å². The van der Waals surface area contributed by atoms with Crippen LogP contribution in [-0.2, 0) is 6.42 Å². The number of ether oxygens (including phenoxy) is 1. The Bertz CT molecular complexity index is 1030. The van der Waals surface area contributed by atoms with Crippen LogP contribution in [0.2, 0.25) is 0 Å². The third-order valence-electron chi connectivity index (χ3n) is 4.15. The van der Waals surface area contributed by atoms with E-state index in [4.69, 9.17) is 10.1 Å². The van der Waals surface area contributed by atoms with Crippen LogP contribution in [0.15, 0.2) is 47.6 Å². The molecule has 8 heteroatoms. The maximum atomic E-state index is 13.4. The molecule has 3 aromatic rings. The zero-order valence-corrected chi connectivity index (χ0v) is 15.3. The van der Waals surface area contributed by atoms with Gasteiger partial charge in [0.1, 0.15) is 17.9 Å². The summed E-state index contributed by atoms with van der Waals surface area (Å²) < 4.78 is 18.6. The van der Waals surface area contributed by atoms with Crippen LogP contribution in [-0.4, -0.2) is 27.1 Å². The van der Waals surface area contributed by atoms with Gasteiger partial charge in [0.05, 0.1) is 17.7 Å². The summed E-state index contributed by atoms with van der Waals surface area (Å²) in [7, 11) is 1.47. The van der Waals surface area contributed by atoms with E-state index in [0.29, 0.717) is 28.1 Å². The fourth-order valence-corrected chi connectivity index (χ4v) is 3.79. The van der Waals surface area contributed by atoms with E-state index in [9.17, 15) is 4.39 Å². The van der Waals surface area contributed by atoms with Gasteiger partial charge in [-0.05, 0) is 42.7 Å². The van der Waals surface area contributed by atoms with Crippen LogP contribution in [0.4, 0.5) is 16.0 Å². The van der Waals surface area contributed by atoms with E-state index in [-0.39, 0.29) is 5.82 Å². The molecule has 0 saturated carbocycles. The summed E-state index contributed by atoms with van der Waals surface area (Å²) in [5.41, 5.74) is 2.66. The number of hydrogen-bond donors (Lipinski definition) is 2. The normalized spacial score (nSPS) is 13.2. The molecule has 0 radical (unpaired) electrons. The average molecular weight is 381 g/mol. The number of nitrogens with zero attached hydrogens (tertiary/aromatic N) is 3.